The molecule has 0 saturated carbocycles. The smallest absolute Gasteiger partial charge is 0.335 e. The van der Waals surface area contributed by atoms with Crippen LogP contribution in [-0.4, -0.2) is 34.1 Å². The molecule has 130 valence electrons. The summed E-state index contributed by atoms with van der Waals surface area (Å²) in [6, 6.07) is 4.98. The van der Waals surface area contributed by atoms with Crippen molar-refractivity contribution < 1.29 is 9.90 Å². The first-order valence-electron chi connectivity index (χ1n) is 8.02. The van der Waals surface area contributed by atoms with Crippen molar-refractivity contribution in [1.82, 2.24) is 9.97 Å². The summed E-state index contributed by atoms with van der Waals surface area (Å²) in [6.45, 7) is 13.7. The number of aromatic nitrogens is 2. The van der Waals surface area contributed by atoms with Gasteiger partial charge in [-0.25, -0.2) is 14.8 Å². The fraction of sp³-hybridized carbons (Fsp3) is 0.250. The number of carboxylic acids is 1. The summed E-state index contributed by atoms with van der Waals surface area (Å²) in [7, 11) is 1.95. The van der Waals surface area contributed by atoms with Crippen molar-refractivity contribution in [3.05, 3.63) is 60.3 Å². The van der Waals surface area contributed by atoms with Gasteiger partial charge in [0, 0.05) is 13.1 Å². The predicted molar refractivity (Wildman–Crippen MR) is 103 cm³/mol. The van der Waals surface area contributed by atoms with E-state index in [-0.39, 0.29) is 11.6 Å². The van der Waals surface area contributed by atoms with Crippen molar-refractivity contribution in [2.75, 3.05) is 11.9 Å². The van der Waals surface area contributed by atoms with Gasteiger partial charge in [0.1, 0.15) is 5.69 Å². The van der Waals surface area contributed by atoms with Gasteiger partial charge in [0.2, 0.25) is 0 Å². The highest BCUT2D eigenvalue weighted by molar-refractivity contribution is 5.93. The standard InChI is InChI=1S/C20H23N3O2/c1-7-13(4)10-14(5)18-19(23(6)12(2)3)22-17-11-15(20(24)25)8-9-16(17)21-18/h7-12H,1,4H2,2-3,5-6H3,(H,24,25)/b14-10+. The highest BCUT2D eigenvalue weighted by Gasteiger charge is 2.17. The number of benzene rings is 1. The highest BCUT2D eigenvalue weighted by atomic mass is 16.4. The summed E-state index contributed by atoms with van der Waals surface area (Å²) >= 11 is 0. The summed E-state index contributed by atoms with van der Waals surface area (Å²) in [5.74, 6) is -0.277. The van der Waals surface area contributed by atoms with Gasteiger partial charge in [-0.2, -0.15) is 0 Å². The second kappa shape index (κ2) is 7.30. The molecule has 0 aliphatic carbocycles. The molecule has 0 bridgehead atoms. The lowest BCUT2D eigenvalue weighted by atomic mass is 10.1. The molecule has 0 radical (unpaired) electrons. The maximum atomic E-state index is 11.2. The number of aromatic carboxylic acids is 1. The van der Waals surface area contributed by atoms with Crippen LogP contribution >= 0.6 is 0 Å². The van der Waals surface area contributed by atoms with Crippen LogP contribution in [0.1, 0.15) is 36.8 Å². The van der Waals surface area contributed by atoms with Crippen LogP contribution in [0.4, 0.5) is 5.82 Å². The maximum Gasteiger partial charge on any atom is 0.335 e. The molecule has 2 aromatic rings. The number of nitrogens with zero attached hydrogens (tertiary/aromatic N) is 3. The summed E-state index contributed by atoms with van der Waals surface area (Å²) in [6.07, 6.45) is 3.59. The number of carboxylic acid groups (broad SMARTS) is 1. The zero-order chi connectivity index (χ0) is 18.7. The lowest BCUT2D eigenvalue weighted by Crippen LogP contribution is -2.28. The minimum Gasteiger partial charge on any atom is -0.478 e. The molecule has 25 heavy (non-hydrogen) atoms. The van der Waals surface area contributed by atoms with E-state index in [2.05, 4.69) is 27.0 Å². The Labute approximate surface area is 148 Å². The number of anilines is 1. The van der Waals surface area contributed by atoms with E-state index in [1.807, 2.05) is 24.9 Å². The Morgan fingerprint density at radius 1 is 1.28 bits per heavy atom. The summed E-state index contributed by atoms with van der Waals surface area (Å²) in [4.78, 5) is 22.7. The Kier molecular flexibility index (Phi) is 5.37. The van der Waals surface area contributed by atoms with Crippen LogP contribution in [0.2, 0.25) is 0 Å². The SMILES string of the molecule is C=CC(=C)/C=C(\C)c1nc2ccc(C(=O)O)cc2nc1N(C)C(C)C. The van der Waals surface area contributed by atoms with E-state index < -0.39 is 5.97 Å². The number of rotatable bonds is 6. The molecule has 0 spiro atoms. The number of hydrogen-bond donors (Lipinski definition) is 1. The first-order chi connectivity index (χ1) is 11.7. The molecule has 5 nitrogen and oxygen atoms in total. The van der Waals surface area contributed by atoms with Gasteiger partial charge in [0.25, 0.3) is 0 Å². The lowest BCUT2D eigenvalue weighted by molar-refractivity contribution is 0.0697. The van der Waals surface area contributed by atoms with E-state index in [1.54, 1.807) is 18.2 Å². The average Bonchev–Trinajstić information content (AvgIpc) is 2.58. The number of carbonyl (C=O) groups is 1. The van der Waals surface area contributed by atoms with Crippen LogP contribution in [0.3, 0.4) is 0 Å². The van der Waals surface area contributed by atoms with Gasteiger partial charge in [-0.05, 0) is 50.1 Å². The van der Waals surface area contributed by atoms with Crippen molar-refractivity contribution in [3.8, 4) is 0 Å². The third kappa shape index (κ3) is 3.94. The van der Waals surface area contributed by atoms with E-state index in [0.717, 1.165) is 16.8 Å². The summed E-state index contributed by atoms with van der Waals surface area (Å²) < 4.78 is 0. The van der Waals surface area contributed by atoms with Gasteiger partial charge >= 0.3 is 5.97 Å². The number of allylic oxidation sites excluding steroid dienone is 4. The fourth-order valence-corrected chi connectivity index (χ4v) is 2.34. The van der Waals surface area contributed by atoms with E-state index in [0.29, 0.717) is 16.9 Å². The third-order valence-electron chi connectivity index (χ3n) is 4.04. The molecule has 1 aromatic heterocycles. The van der Waals surface area contributed by atoms with Crippen LogP contribution in [-0.2, 0) is 0 Å². The molecule has 0 aliphatic heterocycles. The third-order valence-corrected chi connectivity index (χ3v) is 4.04. The van der Waals surface area contributed by atoms with Gasteiger partial charge in [-0.1, -0.05) is 25.3 Å². The molecule has 0 saturated heterocycles. The van der Waals surface area contributed by atoms with E-state index in [1.165, 1.54) is 6.07 Å². The van der Waals surface area contributed by atoms with Crippen LogP contribution < -0.4 is 4.90 Å². The van der Waals surface area contributed by atoms with E-state index in [9.17, 15) is 9.90 Å². The van der Waals surface area contributed by atoms with Gasteiger partial charge < -0.3 is 10.0 Å². The molecule has 5 heteroatoms. The zero-order valence-electron chi connectivity index (χ0n) is 15.1. The highest BCUT2D eigenvalue weighted by Crippen LogP contribution is 2.28. The second-order valence-electron chi connectivity index (χ2n) is 6.22. The van der Waals surface area contributed by atoms with Crippen LogP contribution in [0.25, 0.3) is 16.6 Å². The quantitative estimate of drug-likeness (QED) is 0.795. The normalized spacial score (nSPS) is 11.6. The van der Waals surface area contributed by atoms with Gasteiger partial charge in [-0.3, -0.25) is 0 Å². The van der Waals surface area contributed by atoms with Gasteiger partial charge in [0.05, 0.1) is 16.6 Å². The Morgan fingerprint density at radius 3 is 2.52 bits per heavy atom. The van der Waals surface area contributed by atoms with Crippen molar-refractivity contribution in [2.45, 2.75) is 26.8 Å². The molecule has 1 aromatic carbocycles. The van der Waals surface area contributed by atoms with Gasteiger partial charge in [0.15, 0.2) is 5.82 Å². The summed E-state index contributed by atoms with van der Waals surface area (Å²) in [5.41, 5.74) is 3.86. The van der Waals surface area contributed by atoms with E-state index >= 15 is 0 Å². The van der Waals surface area contributed by atoms with Crippen molar-refractivity contribution in [3.63, 3.8) is 0 Å². The monoisotopic (exact) mass is 337 g/mol. The lowest BCUT2D eigenvalue weighted by Gasteiger charge is -2.25. The summed E-state index contributed by atoms with van der Waals surface area (Å²) in [5, 5.41) is 9.19. The largest absolute Gasteiger partial charge is 0.478 e. The second-order valence-corrected chi connectivity index (χ2v) is 6.22. The minimum atomic E-state index is -0.982. The van der Waals surface area contributed by atoms with Gasteiger partial charge in [-0.15, -0.1) is 0 Å². The van der Waals surface area contributed by atoms with Crippen LogP contribution in [0.5, 0.6) is 0 Å². The minimum absolute atomic E-state index is 0.194. The molecule has 0 atom stereocenters. The molecule has 1 heterocycles. The Bertz CT molecular complexity index is 882. The first-order valence-corrected chi connectivity index (χ1v) is 8.02. The first kappa shape index (κ1) is 18.4. The van der Waals surface area contributed by atoms with Crippen LogP contribution in [0.15, 0.2) is 49.1 Å². The van der Waals surface area contributed by atoms with Crippen molar-refractivity contribution in [2.24, 2.45) is 0 Å². The predicted octanol–water partition coefficient (Wildman–Crippen LogP) is 4.32. The Balaban J connectivity index is 2.73. The Morgan fingerprint density at radius 2 is 1.96 bits per heavy atom. The molecular formula is C20H23N3O2. The van der Waals surface area contributed by atoms with E-state index in [4.69, 9.17) is 9.97 Å². The molecule has 0 unspecified atom stereocenters. The number of hydrogen-bond acceptors (Lipinski definition) is 4. The average molecular weight is 337 g/mol. The van der Waals surface area contributed by atoms with Crippen molar-refractivity contribution in [1.29, 1.82) is 0 Å². The molecule has 2 rings (SSSR count). The van der Waals surface area contributed by atoms with Crippen molar-refractivity contribution >= 4 is 28.4 Å². The molecule has 1 N–H and O–H groups in total. The molecule has 0 amide bonds. The topological polar surface area (TPSA) is 66.3 Å². The molecule has 0 aliphatic rings. The number of fused-ring (bicyclic) bond motifs is 1. The molecular weight excluding hydrogens is 314 g/mol. The maximum absolute atomic E-state index is 11.2. The fourth-order valence-electron chi connectivity index (χ4n) is 2.34. The van der Waals surface area contributed by atoms with Crippen LogP contribution in [0, 0.1) is 0 Å². The Hall–Kier alpha value is -2.95. The molecule has 0 fully saturated rings. The zero-order valence-corrected chi connectivity index (χ0v) is 15.1.